The Bertz CT molecular complexity index is 859. The topological polar surface area (TPSA) is 93.3 Å². The number of nitrogens with two attached hydrogens (primary N) is 1. The van der Waals surface area contributed by atoms with E-state index in [-0.39, 0.29) is 11.5 Å². The van der Waals surface area contributed by atoms with Gasteiger partial charge < -0.3 is 11.1 Å². The highest BCUT2D eigenvalue weighted by atomic mass is 32.2. The molecule has 0 radical (unpaired) electrons. The lowest BCUT2D eigenvalue weighted by Crippen LogP contribution is -2.29. The molecule has 0 unspecified atom stereocenters. The second kappa shape index (κ2) is 7.63. The lowest BCUT2D eigenvalue weighted by atomic mass is 9.89. The van der Waals surface area contributed by atoms with Gasteiger partial charge in [-0.25, -0.2) is 14.4 Å². The molecule has 0 fully saturated rings. The predicted molar refractivity (Wildman–Crippen MR) is 104 cm³/mol. The first-order valence-corrected chi connectivity index (χ1v) is 10.1. The van der Waals surface area contributed by atoms with E-state index in [4.69, 9.17) is 5.73 Å². The fraction of sp³-hybridized carbons (Fsp3) is 0.294. The number of hydrogen-bond donors (Lipinski definition) is 2. The summed E-state index contributed by atoms with van der Waals surface area (Å²) in [6.07, 6.45) is 5.49. The number of halogens is 1. The molecule has 9 heteroatoms. The summed E-state index contributed by atoms with van der Waals surface area (Å²) in [5, 5.41) is 3.90. The zero-order valence-corrected chi connectivity index (χ0v) is 16.0. The van der Waals surface area contributed by atoms with Crippen molar-refractivity contribution in [1.29, 1.82) is 0 Å². The Morgan fingerprint density at radius 3 is 2.85 bits per heavy atom. The number of carbonyl (C=O) groups excluding carboxylic acids is 1. The summed E-state index contributed by atoms with van der Waals surface area (Å²) in [7, 11) is 0. The molecule has 1 amide bonds. The molecule has 1 aromatic carbocycles. The molecule has 0 saturated carbocycles. The summed E-state index contributed by atoms with van der Waals surface area (Å²) in [6.45, 7) is 1.84. The molecule has 26 heavy (non-hydrogen) atoms. The molecule has 0 bridgehead atoms. The molecule has 136 valence electrons. The van der Waals surface area contributed by atoms with Crippen molar-refractivity contribution in [2.45, 2.75) is 23.9 Å². The second-order valence-corrected chi connectivity index (χ2v) is 7.86. The number of carbonyl (C=O) groups is 1. The van der Waals surface area contributed by atoms with Crippen LogP contribution in [0.3, 0.4) is 0 Å². The molecule has 2 aromatic rings. The first kappa shape index (κ1) is 18.7. The summed E-state index contributed by atoms with van der Waals surface area (Å²) in [4.78, 5) is 25.0. The highest BCUT2D eigenvalue weighted by molar-refractivity contribution is 8.13. The van der Waals surface area contributed by atoms with Crippen molar-refractivity contribution in [3.05, 3.63) is 47.7 Å². The minimum absolute atomic E-state index is 0.191. The van der Waals surface area contributed by atoms with E-state index in [0.29, 0.717) is 22.8 Å². The zero-order chi connectivity index (χ0) is 18.7. The third kappa shape index (κ3) is 3.99. The van der Waals surface area contributed by atoms with Crippen LogP contribution in [0.1, 0.15) is 29.4 Å². The standard InChI is InChI=1S/C17H18FN5OS2/c1-17(5-6-26-16(19)23-17)11-7-10(3-4-12(11)18)22-15(24)13-8-21-14(25-2)9-20-13/h3-4,7-9H,5-6H2,1-2H3,(H2,19,23)(H,22,24)/t17-/m0/s1. The van der Waals surface area contributed by atoms with E-state index in [2.05, 4.69) is 20.3 Å². The molecule has 1 aliphatic heterocycles. The van der Waals surface area contributed by atoms with Crippen LogP contribution in [0.2, 0.25) is 0 Å². The summed E-state index contributed by atoms with van der Waals surface area (Å²) in [5.74, 6) is -0.0210. The number of rotatable bonds is 4. The van der Waals surface area contributed by atoms with Crippen molar-refractivity contribution >= 4 is 40.3 Å². The maximum Gasteiger partial charge on any atom is 0.275 e. The molecule has 3 rings (SSSR count). The second-order valence-electron chi connectivity index (χ2n) is 5.92. The van der Waals surface area contributed by atoms with Gasteiger partial charge in [0.2, 0.25) is 0 Å². The molecule has 0 saturated heterocycles. The minimum atomic E-state index is -0.750. The Morgan fingerprint density at radius 1 is 1.38 bits per heavy atom. The van der Waals surface area contributed by atoms with Crippen LogP contribution in [0.25, 0.3) is 0 Å². The van der Waals surface area contributed by atoms with Crippen molar-refractivity contribution in [3.8, 4) is 0 Å². The van der Waals surface area contributed by atoms with Gasteiger partial charge in [-0.3, -0.25) is 9.79 Å². The minimum Gasteiger partial charge on any atom is -0.379 e. The van der Waals surface area contributed by atoms with E-state index in [0.717, 1.165) is 10.8 Å². The van der Waals surface area contributed by atoms with Crippen LogP contribution in [0, 0.1) is 5.82 Å². The summed E-state index contributed by atoms with van der Waals surface area (Å²) in [6, 6.07) is 4.43. The number of anilines is 1. The number of aliphatic imine (C=N–C) groups is 1. The SMILES string of the molecule is CSc1cnc(C(=O)Nc2ccc(F)c([C@]3(C)CCSC(N)=N3)c2)cn1. The predicted octanol–water partition coefficient (Wildman–Crippen LogP) is 3.26. The van der Waals surface area contributed by atoms with E-state index >= 15 is 0 Å². The number of nitrogens with zero attached hydrogens (tertiary/aromatic N) is 3. The Hall–Kier alpha value is -2.13. The molecule has 3 N–H and O–H groups in total. The number of amidine groups is 1. The quantitative estimate of drug-likeness (QED) is 0.777. The van der Waals surface area contributed by atoms with Crippen molar-refractivity contribution in [1.82, 2.24) is 9.97 Å². The van der Waals surface area contributed by atoms with Gasteiger partial charge in [0.25, 0.3) is 5.91 Å². The molecule has 0 spiro atoms. The number of hydrogen-bond acceptors (Lipinski definition) is 7. The Kier molecular flexibility index (Phi) is 5.47. The van der Waals surface area contributed by atoms with Crippen LogP contribution in [0.4, 0.5) is 10.1 Å². The number of amides is 1. The maximum atomic E-state index is 14.4. The van der Waals surface area contributed by atoms with E-state index in [1.54, 1.807) is 6.07 Å². The number of nitrogens with one attached hydrogen (secondary N) is 1. The zero-order valence-electron chi connectivity index (χ0n) is 14.3. The van der Waals surface area contributed by atoms with Gasteiger partial charge in [-0.05, 0) is 37.8 Å². The fourth-order valence-electron chi connectivity index (χ4n) is 2.63. The van der Waals surface area contributed by atoms with Gasteiger partial charge in [0.15, 0.2) is 5.17 Å². The summed E-state index contributed by atoms with van der Waals surface area (Å²) < 4.78 is 14.4. The van der Waals surface area contributed by atoms with Gasteiger partial charge in [-0.1, -0.05) is 11.8 Å². The Morgan fingerprint density at radius 2 is 2.19 bits per heavy atom. The van der Waals surface area contributed by atoms with Gasteiger partial charge in [0.05, 0.1) is 17.9 Å². The van der Waals surface area contributed by atoms with Crippen molar-refractivity contribution in [2.24, 2.45) is 10.7 Å². The normalized spacial score (nSPS) is 19.7. The molecule has 2 heterocycles. The number of benzene rings is 1. The Labute approximate surface area is 159 Å². The number of aromatic nitrogens is 2. The highest BCUT2D eigenvalue weighted by Crippen LogP contribution is 2.37. The van der Waals surface area contributed by atoms with E-state index < -0.39 is 11.4 Å². The van der Waals surface area contributed by atoms with Crippen LogP contribution in [0.5, 0.6) is 0 Å². The van der Waals surface area contributed by atoms with Gasteiger partial charge in [0.1, 0.15) is 16.5 Å². The van der Waals surface area contributed by atoms with Gasteiger partial charge in [-0.15, -0.1) is 11.8 Å². The molecular weight excluding hydrogens is 373 g/mol. The lowest BCUT2D eigenvalue weighted by molar-refractivity contribution is 0.102. The highest BCUT2D eigenvalue weighted by Gasteiger charge is 2.32. The first-order valence-electron chi connectivity index (χ1n) is 7.87. The summed E-state index contributed by atoms with van der Waals surface area (Å²) >= 11 is 2.90. The average molecular weight is 391 g/mol. The molecule has 1 aromatic heterocycles. The Balaban J connectivity index is 1.85. The van der Waals surface area contributed by atoms with Crippen LogP contribution >= 0.6 is 23.5 Å². The molecular formula is C17H18FN5OS2. The van der Waals surface area contributed by atoms with Crippen LogP contribution in [-0.4, -0.2) is 33.1 Å². The van der Waals surface area contributed by atoms with Gasteiger partial charge in [-0.2, -0.15) is 0 Å². The largest absolute Gasteiger partial charge is 0.379 e. The fourth-order valence-corrected chi connectivity index (χ4v) is 3.92. The summed E-state index contributed by atoms with van der Waals surface area (Å²) in [5.41, 5.74) is 6.13. The van der Waals surface area contributed by atoms with Gasteiger partial charge in [0, 0.05) is 17.0 Å². The molecule has 6 nitrogen and oxygen atoms in total. The third-order valence-electron chi connectivity index (χ3n) is 4.07. The monoisotopic (exact) mass is 391 g/mol. The van der Waals surface area contributed by atoms with Crippen molar-refractivity contribution in [3.63, 3.8) is 0 Å². The molecule has 1 aliphatic rings. The van der Waals surface area contributed by atoms with Crippen LogP contribution in [0.15, 0.2) is 40.6 Å². The van der Waals surface area contributed by atoms with E-state index in [1.165, 1.54) is 48.1 Å². The molecule has 0 aliphatic carbocycles. The van der Waals surface area contributed by atoms with Crippen LogP contribution < -0.4 is 11.1 Å². The van der Waals surface area contributed by atoms with E-state index in [9.17, 15) is 9.18 Å². The van der Waals surface area contributed by atoms with Crippen molar-refractivity contribution in [2.75, 3.05) is 17.3 Å². The lowest BCUT2D eigenvalue weighted by Gasteiger charge is -2.30. The van der Waals surface area contributed by atoms with Gasteiger partial charge >= 0.3 is 0 Å². The van der Waals surface area contributed by atoms with E-state index in [1.807, 2.05) is 13.2 Å². The maximum absolute atomic E-state index is 14.4. The third-order valence-corrected chi connectivity index (χ3v) is 5.49. The average Bonchev–Trinajstić information content (AvgIpc) is 2.63. The van der Waals surface area contributed by atoms with Crippen molar-refractivity contribution < 1.29 is 9.18 Å². The smallest absolute Gasteiger partial charge is 0.275 e. The number of thioether (sulfide) groups is 2. The first-order chi connectivity index (χ1) is 12.4. The molecule has 1 atom stereocenters. The van der Waals surface area contributed by atoms with Crippen LogP contribution in [-0.2, 0) is 5.54 Å².